The van der Waals surface area contributed by atoms with Crippen LogP contribution in [0.1, 0.15) is 37.7 Å². The molecule has 0 bridgehead atoms. The third-order valence-corrected chi connectivity index (χ3v) is 4.62. The summed E-state index contributed by atoms with van der Waals surface area (Å²) < 4.78 is 1.22. The lowest BCUT2D eigenvalue weighted by Gasteiger charge is -2.12. The van der Waals surface area contributed by atoms with Gasteiger partial charge in [-0.25, -0.2) is 0 Å². The second-order valence-electron chi connectivity index (χ2n) is 4.37. The molecule has 102 valence electrons. The Hall–Kier alpha value is -0.530. The van der Waals surface area contributed by atoms with Gasteiger partial charge in [-0.1, -0.05) is 37.3 Å². The fourth-order valence-electron chi connectivity index (χ4n) is 1.84. The van der Waals surface area contributed by atoms with Crippen molar-refractivity contribution in [3.63, 3.8) is 0 Å². The van der Waals surface area contributed by atoms with E-state index in [2.05, 4.69) is 76.2 Å². The number of hydrogen-bond donors (Lipinski definition) is 1. The predicted molar refractivity (Wildman–Crippen MR) is 89.4 cm³/mol. The number of nitrogens with zero attached hydrogens (tertiary/aromatic N) is 2. The van der Waals surface area contributed by atoms with Gasteiger partial charge in [0.1, 0.15) is 10.0 Å². The second-order valence-corrected chi connectivity index (χ2v) is 6.63. The molecule has 0 radical (unpaired) electrons. The van der Waals surface area contributed by atoms with Crippen LogP contribution in [-0.2, 0) is 0 Å². The maximum absolute atomic E-state index is 4.35. The molecule has 2 rings (SSSR count). The first-order valence-electron chi connectivity index (χ1n) is 6.57. The van der Waals surface area contributed by atoms with E-state index in [0.29, 0.717) is 6.04 Å². The molecule has 0 saturated carbocycles. The predicted octanol–water partition coefficient (Wildman–Crippen LogP) is 4.26. The minimum absolute atomic E-state index is 0.328. The van der Waals surface area contributed by atoms with Crippen LogP contribution in [0.15, 0.2) is 24.3 Å². The smallest absolute Gasteiger partial charge is 0.147 e. The average Bonchev–Trinajstić information content (AvgIpc) is 2.89. The van der Waals surface area contributed by atoms with Crippen molar-refractivity contribution >= 4 is 33.9 Å². The van der Waals surface area contributed by atoms with Gasteiger partial charge in [-0.2, -0.15) is 0 Å². The maximum Gasteiger partial charge on any atom is 0.147 e. The fraction of sp³-hybridized carbons (Fsp3) is 0.429. The Kier molecular flexibility index (Phi) is 5.72. The molecule has 1 heterocycles. The lowest BCUT2D eigenvalue weighted by Crippen LogP contribution is -2.21. The molecule has 1 unspecified atom stereocenters. The van der Waals surface area contributed by atoms with Gasteiger partial charge in [-0.15, -0.1) is 10.2 Å². The van der Waals surface area contributed by atoms with Gasteiger partial charge in [-0.3, -0.25) is 0 Å². The summed E-state index contributed by atoms with van der Waals surface area (Å²) in [5, 5.41) is 14.3. The van der Waals surface area contributed by atoms with Crippen molar-refractivity contribution in [1.82, 2.24) is 15.5 Å². The highest BCUT2D eigenvalue weighted by Gasteiger charge is 2.15. The SMILES string of the molecule is CCCNC(CC)c1nnc(-c2cccc(I)c2)s1. The molecule has 0 saturated heterocycles. The quantitative estimate of drug-likeness (QED) is 0.753. The van der Waals surface area contributed by atoms with Crippen LogP contribution in [0.4, 0.5) is 0 Å². The lowest BCUT2D eigenvalue weighted by molar-refractivity contribution is 0.513. The number of hydrogen-bond acceptors (Lipinski definition) is 4. The third kappa shape index (κ3) is 3.97. The topological polar surface area (TPSA) is 37.8 Å². The summed E-state index contributed by atoms with van der Waals surface area (Å²) in [5.41, 5.74) is 1.15. The molecule has 0 aliphatic rings. The van der Waals surface area contributed by atoms with E-state index in [-0.39, 0.29) is 0 Å². The molecular weight excluding hydrogens is 369 g/mol. The Labute approximate surface area is 132 Å². The molecule has 1 atom stereocenters. The van der Waals surface area contributed by atoms with Gasteiger partial charge in [0.2, 0.25) is 0 Å². The molecule has 0 aliphatic carbocycles. The number of nitrogens with one attached hydrogen (secondary N) is 1. The highest BCUT2D eigenvalue weighted by atomic mass is 127. The summed E-state index contributed by atoms with van der Waals surface area (Å²) in [4.78, 5) is 0. The molecule has 0 aliphatic heterocycles. The number of benzene rings is 1. The van der Waals surface area contributed by atoms with E-state index in [0.717, 1.165) is 35.0 Å². The van der Waals surface area contributed by atoms with E-state index < -0.39 is 0 Å². The summed E-state index contributed by atoms with van der Waals surface area (Å²) in [6.45, 7) is 5.38. The van der Waals surface area contributed by atoms with Gasteiger partial charge < -0.3 is 5.32 Å². The van der Waals surface area contributed by atoms with Gasteiger partial charge in [0.25, 0.3) is 0 Å². The molecule has 0 amide bonds. The van der Waals surface area contributed by atoms with Crippen molar-refractivity contribution in [2.45, 2.75) is 32.7 Å². The molecular formula is C14H18IN3S. The van der Waals surface area contributed by atoms with Gasteiger partial charge >= 0.3 is 0 Å². The first kappa shape index (κ1) is 14.9. The van der Waals surface area contributed by atoms with Crippen LogP contribution in [0.5, 0.6) is 0 Å². The van der Waals surface area contributed by atoms with Crippen LogP contribution in [0.2, 0.25) is 0 Å². The van der Waals surface area contributed by atoms with Crippen molar-refractivity contribution in [3.8, 4) is 10.6 Å². The molecule has 1 N–H and O–H groups in total. The summed E-state index contributed by atoms with van der Waals surface area (Å²) in [5.74, 6) is 0. The molecule has 0 spiro atoms. The first-order valence-corrected chi connectivity index (χ1v) is 8.46. The Morgan fingerprint density at radius 2 is 2.16 bits per heavy atom. The minimum Gasteiger partial charge on any atom is -0.308 e. The Balaban J connectivity index is 2.18. The maximum atomic E-state index is 4.35. The molecule has 2 aromatic rings. The highest BCUT2D eigenvalue weighted by Crippen LogP contribution is 2.28. The van der Waals surface area contributed by atoms with E-state index >= 15 is 0 Å². The second kappa shape index (κ2) is 7.31. The largest absolute Gasteiger partial charge is 0.308 e. The van der Waals surface area contributed by atoms with Crippen LogP contribution in [0.25, 0.3) is 10.6 Å². The van der Waals surface area contributed by atoms with E-state index in [1.807, 2.05) is 0 Å². The molecule has 5 heteroatoms. The van der Waals surface area contributed by atoms with Crippen LogP contribution < -0.4 is 5.32 Å². The van der Waals surface area contributed by atoms with Crippen LogP contribution in [0.3, 0.4) is 0 Å². The van der Waals surface area contributed by atoms with Crippen LogP contribution in [0, 0.1) is 3.57 Å². The van der Waals surface area contributed by atoms with Crippen molar-refractivity contribution in [2.75, 3.05) is 6.54 Å². The van der Waals surface area contributed by atoms with E-state index in [1.165, 1.54) is 3.57 Å². The highest BCUT2D eigenvalue weighted by molar-refractivity contribution is 14.1. The number of halogens is 1. The zero-order valence-electron chi connectivity index (χ0n) is 11.2. The third-order valence-electron chi connectivity index (χ3n) is 2.86. The molecule has 1 aromatic carbocycles. The van der Waals surface area contributed by atoms with E-state index in [9.17, 15) is 0 Å². The van der Waals surface area contributed by atoms with Crippen molar-refractivity contribution in [3.05, 3.63) is 32.8 Å². The number of aromatic nitrogens is 2. The molecule has 0 fully saturated rings. The van der Waals surface area contributed by atoms with E-state index in [1.54, 1.807) is 11.3 Å². The van der Waals surface area contributed by atoms with Crippen molar-refractivity contribution < 1.29 is 0 Å². The van der Waals surface area contributed by atoms with Gasteiger partial charge in [0.15, 0.2) is 0 Å². The Bertz CT molecular complexity index is 527. The van der Waals surface area contributed by atoms with Gasteiger partial charge in [0.05, 0.1) is 6.04 Å². The van der Waals surface area contributed by atoms with E-state index in [4.69, 9.17) is 0 Å². The fourth-order valence-corrected chi connectivity index (χ4v) is 3.38. The molecule has 1 aromatic heterocycles. The normalized spacial score (nSPS) is 12.6. The summed E-state index contributed by atoms with van der Waals surface area (Å²) in [6, 6.07) is 8.71. The summed E-state index contributed by atoms with van der Waals surface area (Å²) in [7, 11) is 0. The lowest BCUT2D eigenvalue weighted by atomic mass is 10.2. The summed E-state index contributed by atoms with van der Waals surface area (Å²) >= 11 is 4.01. The first-order chi connectivity index (χ1) is 9.24. The minimum atomic E-state index is 0.328. The Morgan fingerprint density at radius 3 is 2.84 bits per heavy atom. The van der Waals surface area contributed by atoms with Crippen molar-refractivity contribution in [2.24, 2.45) is 0 Å². The Morgan fingerprint density at radius 1 is 1.32 bits per heavy atom. The zero-order valence-corrected chi connectivity index (χ0v) is 14.2. The zero-order chi connectivity index (χ0) is 13.7. The molecule has 19 heavy (non-hydrogen) atoms. The molecule has 3 nitrogen and oxygen atoms in total. The summed E-state index contributed by atoms with van der Waals surface area (Å²) in [6.07, 6.45) is 2.18. The van der Waals surface area contributed by atoms with Crippen LogP contribution in [-0.4, -0.2) is 16.7 Å². The van der Waals surface area contributed by atoms with Gasteiger partial charge in [0, 0.05) is 9.13 Å². The monoisotopic (exact) mass is 387 g/mol. The van der Waals surface area contributed by atoms with Crippen LogP contribution >= 0.6 is 33.9 Å². The van der Waals surface area contributed by atoms with Crippen molar-refractivity contribution in [1.29, 1.82) is 0 Å². The average molecular weight is 387 g/mol. The number of rotatable bonds is 6. The standard InChI is InChI=1S/C14H18IN3S/c1-3-8-16-12(4-2)14-18-17-13(19-14)10-6-5-7-11(15)9-10/h5-7,9,12,16H,3-4,8H2,1-2H3. The van der Waals surface area contributed by atoms with Gasteiger partial charge in [-0.05, 0) is 54.1 Å².